The van der Waals surface area contributed by atoms with Crippen LogP contribution in [0.2, 0.25) is 0 Å². The van der Waals surface area contributed by atoms with E-state index in [-0.39, 0.29) is 30.6 Å². The minimum atomic E-state index is -0.436. The van der Waals surface area contributed by atoms with Crippen LogP contribution in [0.25, 0.3) is 0 Å². The average Bonchev–Trinajstić information content (AvgIpc) is 2.41. The van der Waals surface area contributed by atoms with E-state index in [0.717, 1.165) is 0 Å². The van der Waals surface area contributed by atoms with Gasteiger partial charge in [0.25, 0.3) is 0 Å². The standard InChI is InChI=1S/C14H15FN2O3/c1-9-14(20)16-13(19)8-17(9)7-6-12(18)10-2-4-11(15)5-3-10/h2-5,9H,6-8H2,1H3,(H,16,19,20). The maximum Gasteiger partial charge on any atom is 0.243 e. The number of ketones is 1. The van der Waals surface area contributed by atoms with Crippen molar-refractivity contribution < 1.29 is 18.8 Å². The zero-order valence-corrected chi connectivity index (χ0v) is 11.1. The minimum Gasteiger partial charge on any atom is -0.294 e. The molecule has 1 atom stereocenters. The Morgan fingerprint density at radius 1 is 1.35 bits per heavy atom. The number of imide groups is 1. The van der Waals surface area contributed by atoms with Gasteiger partial charge in [0.05, 0.1) is 12.6 Å². The monoisotopic (exact) mass is 278 g/mol. The topological polar surface area (TPSA) is 66.5 Å². The Morgan fingerprint density at radius 2 is 2.00 bits per heavy atom. The summed E-state index contributed by atoms with van der Waals surface area (Å²) in [6, 6.07) is 4.87. The van der Waals surface area contributed by atoms with E-state index in [1.54, 1.807) is 11.8 Å². The maximum atomic E-state index is 12.8. The summed E-state index contributed by atoms with van der Waals surface area (Å²) < 4.78 is 12.8. The van der Waals surface area contributed by atoms with E-state index >= 15 is 0 Å². The Kier molecular flexibility index (Phi) is 4.24. The van der Waals surface area contributed by atoms with Crippen LogP contribution in [-0.4, -0.2) is 41.6 Å². The van der Waals surface area contributed by atoms with Gasteiger partial charge in [-0.15, -0.1) is 0 Å². The largest absolute Gasteiger partial charge is 0.294 e. The van der Waals surface area contributed by atoms with Crippen LogP contribution < -0.4 is 5.32 Å². The molecule has 20 heavy (non-hydrogen) atoms. The van der Waals surface area contributed by atoms with Crippen LogP contribution in [0.5, 0.6) is 0 Å². The molecular weight excluding hydrogens is 263 g/mol. The van der Waals surface area contributed by atoms with Gasteiger partial charge >= 0.3 is 0 Å². The summed E-state index contributed by atoms with van der Waals surface area (Å²) in [4.78, 5) is 36.3. The molecule has 2 rings (SSSR count). The fraction of sp³-hybridized carbons (Fsp3) is 0.357. The molecule has 1 N–H and O–H groups in total. The zero-order valence-electron chi connectivity index (χ0n) is 11.1. The summed E-state index contributed by atoms with van der Waals surface area (Å²) in [5.41, 5.74) is 0.423. The number of nitrogens with one attached hydrogen (secondary N) is 1. The van der Waals surface area contributed by atoms with Gasteiger partial charge < -0.3 is 0 Å². The highest BCUT2D eigenvalue weighted by Crippen LogP contribution is 2.09. The molecule has 0 bridgehead atoms. The number of piperazine rings is 1. The van der Waals surface area contributed by atoms with Crippen molar-refractivity contribution in [1.82, 2.24) is 10.2 Å². The summed E-state index contributed by atoms with van der Waals surface area (Å²) in [7, 11) is 0. The molecule has 106 valence electrons. The Bertz CT molecular complexity index is 542. The first-order chi connectivity index (χ1) is 9.47. The molecule has 2 amide bonds. The fourth-order valence-corrected chi connectivity index (χ4v) is 2.07. The van der Waals surface area contributed by atoms with E-state index in [0.29, 0.717) is 12.1 Å². The molecule has 6 heteroatoms. The SMILES string of the molecule is CC1C(=O)NC(=O)CN1CCC(=O)c1ccc(F)cc1. The van der Waals surface area contributed by atoms with Crippen LogP contribution >= 0.6 is 0 Å². The lowest BCUT2D eigenvalue weighted by Crippen LogP contribution is -2.57. The Labute approximate surface area is 115 Å². The van der Waals surface area contributed by atoms with Crippen molar-refractivity contribution in [2.24, 2.45) is 0 Å². The first-order valence-corrected chi connectivity index (χ1v) is 6.34. The Hall–Kier alpha value is -2.08. The van der Waals surface area contributed by atoms with Crippen molar-refractivity contribution in [1.29, 1.82) is 0 Å². The van der Waals surface area contributed by atoms with Crippen molar-refractivity contribution in [2.45, 2.75) is 19.4 Å². The third-order valence-corrected chi connectivity index (χ3v) is 3.33. The smallest absolute Gasteiger partial charge is 0.243 e. The van der Waals surface area contributed by atoms with Gasteiger partial charge in [0.1, 0.15) is 5.82 Å². The molecule has 0 spiro atoms. The third kappa shape index (κ3) is 3.27. The first kappa shape index (κ1) is 14.3. The molecule has 0 aliphatic carbocycles. The molecule has 5 nitrogen and oxygen atoms in total. The van der Waals surface area contributed by atoms with E-state index in [1.165, 1.54) is 24.3 Å². The Balaban J connectivity index is 1.94. The number of halogens is 1. The van der Waals surface area contributed by atoms with Gasteiger partial charge in [-0.25, -0.2) is 4.39 Å². The highest BCUT2D eigenvalue weighted by Gasteiger charge is 2.30. The van der Waals surface area contributed by atoms with E-state index in [2.05, 4.69) is 5.32 Å². The molecule has 1 aliphatic heterocycles. The van der Waals surface area contributed by atoms with Crippen LogP contribution in [0.4, 0.5) is 4.39 Å². The van der Waals surface area contributed by atoms with Crippen LogP contribution in [0.15, 0.2) is 24.3 Å². The van der Waals surface area contributed by atoms with Gasteiger partial charge in [-0.05, 0) is 31.2 Å². The minimum absolute atomic E-state index is 0.101. The molecule has 0 saturated carbocycles. The van der Waals surface area contributed by atoms with E-state index in [9.17, 15) is 18.8 Å². The highest BCUT2D eigenvalue weighted by molar-refractivity contribution is 6.01. The first-order valence-electron chi connectivity index (χ1n) is 6.34. The summed E-state index contributed by atoms with van der Waals surface area (Å²) in [5.74, 6) is -1.25. The van der Waals surface area contributed by atoms with Crippen molar-refractivity contribution in [2.75, 3.05) is 13.1 Å². The van der Waals surface area contributed by atoms with Gasteiger partial charge in [-0.2, -0.15) is 0 Å². The normalized spacial score (nSPS) is 19.8. The number of hydrogen-bond acceptors (Lipinski definition) is 4. The van der Waals surface area contributed by atoms with E-state index in [1.807, 2.05) is 0 Å². The molecule has 1 heterocycles. The second kappa shape index (κ2) is 5.92. The molecule has 0 aromatic heterocycles. The molecule has 0 radical (unpaired) electrons. The molecule has 1 aromatic carbocycles. The van der Waals surface area contributed by atoms with Gasteiger partial charge in [-0.1, -0.05) is 0 Å². The predicted molar refractivity (Wildman–Crippen MR) is 69.5 cm³/mol. The molecule has 1 fully saturated rings. The van der Waals surface area contributed by atoms with Crippen LogP contribution in [0, 0.1) is 5.82 Å². The van der Waals surface area contributed by atoms with E-state index < -0.39 is 11.9 Å². The van der Waals surface area contributed by atoms with E-state index in [4.69, 9.17) is 0 Å². The molecule has 1 aliphatic rings. The maximum absolute atomic E-state index is 12.8. The number of amides is 2. The molecule has 1 unspecified atom stereocenters. The van der Waals surface area contributed by atoms with Crippen molar-refractivity contribution >= 4 is 17.6 Å². The highest BCUT2D eigenvalue weighted by atomic mass is 19.1. The summed E-state index contributed by atoms with van der Waals surface area (Å²) in [6.07, 6.45) is 0.177. The zero-order chi connectivity index (χ0) is 14.7. The van der Waals surface area contributed by atoms with Gasteiger partial charge in [0.2, 0.25) is 11.8 Å². The Morgan fingerprint density at radius 3 is 2.65 bits per heavy atom. The fourth-order valence-electron chi connectivity index (χ4n) is 2.07. The number of carbonyl (C=O) groups is 3. The number of Topliss-reactive ketones (excluding diaryl/α,β-unsaturated/α-hetero) is 1. The van der Waals surface area contributed by atoms with Crippen molar-refractivity contribution in [3.8, 4) is 0 Å². The second-order valence-corrected chi connectivity index (χ2v) is 4.74. The lowest BCUT2D eigenvalue weighted by Gasteiger charge is -2.31. The van der Waals surface area contributed by atoms with Gasteiger partial charge in [0.15, 0.2) is 5.78 Å². The summed E-state index contributed by atoms with van der Waals surface area (Å²) in [6.45, 7) is 2.10. The lowest BCUT2D eigenvalue weighted by atomic mass is 10.1. The summed E-state index contributed by atoms with van der Waals surface area (Å²) >= 11 is 0. The quantitative estimate of drug-likeness (QED) is 0.652. The van der Waals surface area contributed by atoms with Gasteiger partial charge in [0, 0.05) is 18.5 Å². The number of rotatable bonds is 4. The molecular formula is C14H15FN2O3. The van der Waals surface area contributed by atoms with Crippen LogP contribution in [0.1, 0.15) is 23.7 Å². The molecule has 1 saturated heterocycles. The number of benzene rings is 1. The van der Waals surface area contributed by atoms with Crippen LogP contribution in [0.3, 0.4) is 0 Å². The van der Waals surface area contributed by atoms with Crippen molar-refractivity contribution in [3.05, 3.63) is 35.6 Å². The van der Waals surface area contributed by atoms with Gasteiger partial charge in [-0.3, -0.25) is 24.6 Å². The third-order valence-electron chi connectivity index (χ3n) is 3.33. The van der Waals surface area contributed by atoms with Crippen LogP contribution in [-0.2, 0) is 9.59 Å². The summed E-state index contributed by atoms with van der Waals surface area (Å²) in [5, 5.41) is 2.24. The number of hydrogen-bond donors (Lipinski definition) is 1. The lowest BCUT2D eigenvalue weighted by molar-refractivity contribution is -0.139. The number of carbonyl (C=O) groups excluding carboxylic acids is 3. The molecule has 1 aromatic rings. The average molecular weight is 278 g/mol. The number of nitrogens with zero attached hydrogens (tertiary/aromatic N) is 1. The van der Waals surface area contributed by atoms with Crippen molar-refractivity contribution in [3.63, 3.8) is 0 Å². The second-order valence-electron chi connectivity index (χ2n) is 4.74. The predicted octanol–water partition coefficient (Wildman–Crippen LogP) is 0.745.